The Hall–Kier alpha value is -1.13. The fraction of sp³-hybridized carbons (Fsp3) is 0.250. The van der Waals surface area contributed by atoms with Gasteiger partial charge in [0.1, 0.15) is 11.2 Å². The van der Waals surface area contributed by atoms with Crippen molar-refractivity contribution in [3.05, 3.63) is 29.0 Å². The van der Waals surface area contributed by atoms with E-state index in [9.17, 15) is 4.79 Å². The zero-order chi connectivity index (χ0) is 9.84. The van der Waals surface area contributed by atoms with Gasteiger partial charge in [-0.2, -0.15) is 0 Å². The van der Waals surface area contributed by atoms with Crippen molar-refractivity contribution in [2.75, 3.05) is 7.11 Å². The summed E-state index contributed by atoms with van der Waals surface area (Å²) in [6.07, 6.45) is 1.45. The van der Waals surface area contributed by atoms with Crippen molar-refractivity contribution in [3.63, 3.8) is 0 Å². The maximum absolute atomic E-state index is 11.0. The highest BCUT2D eigenvalue weighted by molar-refractivity contribution is 6.29. The first-order valence-corrected chi connectivity index (χ1v) is 3.98. The van der Waals surface area contributed by atoms with Crippen LogP contribution in [-0.4, -0.2) is 18.1 Å². The number of nitrogens with two attached hydrogens (primary N) is 1. The molecule has 5 heteroatoms. The molecule has 0 bridgehead atoms. The zero-order valence-electron chi connectivity index (χ0n) is 7.03. The smallest absolute Gasteiger partial charge is 0.327 e. The first-order valence-electron chi connectivity index (χ1n) is 3.60. The summed E-state index contributed by atoms with van der Waals surface area (Å²) in [6, 6.07) is 2.41. The Kier molecular flexibility index (Phi) is 3.22. The second-order valence-corrected chi connectivity index (χ2v) is 2.80. The number of rotatable bonds is 2. The van der Waals surface area contributed by atoms with Gasteiger partial charge in [-0.15, -0.1) is 0 Å². The third-order valence-corrected chi connectivity index (χ3v) is 1.79. The van der Waals surface area contributed by atoms with Gasteiger partial charge in [-0.3, -0.25) is 4.79 Å². The minimum atomic E-state index is -0.797. The molecule has 1 atom stereocenters. The Morgan fingerprint density at radius 3 is 2.85 bits per heavy atom. The molecule has 0 saturated heterocycles. The van der Waals surface area contributed by atoms with Gasteiger partial charge in [-0.1, -0.05) is 17.7 Å². The molecule has 4 nitrogen and oxygen atoms in total. The summed E-state index contributed by atoms with van der Waals surface area (Å²) in [4.78, 5) is 14.8. The van der Waals surface area contributed by atoms with Gasteiger partial charge in [0, 0.05) is 6.20 Å². The number of hydrogen-bond donors (Lipinski definition) is 1. The molecule has 0 aromatic carbocycles. The van der Waals surface area contributed by atoms with E-state index in [1.165, 1.54) is 13.3 Å². The molecular weight excluding hydrogens is 192 g/mol. The topological polar surface area (TPSA) is 65.2 Å². The average Bonchev–Trinajstić information content (AvgIpc) is 2.17. The molecule has 0 saturated carbocycles. The molecule has 13 heavy (non-hydrogen) atoms. The maximum atomic E-state index is 11.0. The molecule has 1 unspecified atom stereocenters. The third kappa shape index (κ3) is 2.40. The van der Waals surface area contributed by atoms with Crippen LogP contribution in [0.4, 0.5) is 0 Å². The second-order valence-electron chi connectivity index (χ2n) is 2.42. The van der Waals surface area contributed by atoms with Gasteiger partial charge in [-0.05, 0) is 11.6 Å². The van der Waals surface area contributed by atoms with Gasteiger partial charge >= 0.3 is 5.97 Å². The number of carbonyl (C=O) groups excluding carboxylic acids is 1. The van der Waals surface area contributed by atoms with Crippen molar-refractivity contribution in [1.29, 1.82) is 0 Å². The Morgan fingerprint density at radius 1 is 1.69 bits per heavy atom. The van der Waals surface area contributed by atoms with Crippen LogP contribution in [0.1, 0.15) is 11.6 Å². The molecule has 70 valence electrons. The standard InChI is InChI=1S/C8H9ClN2O2/c1-13-8(12)7(10)5-2-3-6(9)11-4-5/h2-4,7H,10H2,1H3. The van der Waals surface area contributed by atoms with Gasteiger partial charge in [0.15, 0.2) is 0 Å². The van der Waals surface area contributed by atoms with Gasteiger partial charge in [0.2, 0.25) is 0 Å². The summed E-state index contributed by atoms with van der Waals surface area (Å²) in [6.45, 7) is 0. The average molecular weight is 201 g/mol. The molecule has 0 fully saturated rings. The normalized spacial score (nSPS) is 12.2. The van der Waals surface area contributed by atoms with Crippen LogP contribution in [0.3, 0.4) is 0 Å². The van der Waals surface area contributed by atoms with Crippen molar-refractivity contribution < 1.29 is 9.53 Å². The monoisotopic (exact) mass is 200 g/mol. The van der Waals surface area contributed by atoms with Crippen molar-refractivity contribution in [3.8, 4) is 0 Å². The van der Waals surface area contributed by atoms with Crippen molar-refractivity contribution in [2.45, 2.75) is 6.04 Å². The van der Waals surface area contributed by atoms with E-state index in [4.69, 9.17) is 17.3 Å². The quantitative estimate of drug-likeness (QED) is 0.569. The zero-order valence-corrected chi connectivity index (χ0v) is 7.78. The summed E-state index contributed by atoms with van der Waals surface area (Å²) in [5.74, 6) is -0.496. The molecule has 1 aromatic heterocycles. The van der Waals surface area contributed by atoms with Crippen molar-refractivity contribution in [2.24, 2.45) is 5.73 Å². The summed E-state index contributed by atoms with van der Waals surface area (Å²) in [5.41, 5.74) is 6.12. The number of aromatic nitrogens is 1. The van der Waals surface area contributed by atoms with E-state index in [2.05, 4.69) is 9.72 Å². The molecule has 2 N–H and O–H groups in total. The van der Waals surface area contributed by atoms with Crippen LogP contribution >= 0.6 is 11.6 Å². The number of esters is 1. The predicted molar refractivity (Wildman–Crippen MR) is 48.2 cm³/mol. The fourth-order valence-electron chi connectivity index (χ4n) is 0.834. The van der Waals surface area contributed by atoms with Gasteiger partial charge in [0.25, 0.3) is 0 Å². The van der Waals surface area contributed by atoms with E-state index >= 15 is 0 Å². The number of carbonyl (C=O) groups is 1. The van der Waals surface area contributed by atoms with Crippen LogP contribution in [0.25, 0.3) is 0 Å². The molecule has 1 rings (SSSR count). The van der Waals surface area contributed by atoms with Crippen LogP contribution in [0.2, 0.25) is 5.15 Å². The first-order chi connectivity index (χ1) is 6.15. The van der Waals surface area contributed by atoms with Crippen LogP contribution in [-0.2, 0) is 9.53 Å². The summed E-state index contributed by atoms with van der Waals surface area (Å²) >= 11 is 5.56. The third-order valence-electron chi connectivity index (χ3n) is 1.56. The predicted octanol–water partition coefficient (Wildman–Crippen LogP) is 0.908. The molecular formula is C8H9ClN2O2. The van der Waals surface area contributed by atoms with Gasteiger partial charge in [0.05, 0.1) is 7.11 Å². The Labute approximate surface area is 80.7 Å². The minimum absolute atomic E-state index is 0.362. The lowest BCUT2D eigenvalue weighted by molar-refractivity contribution is -0.142. The van der Waals surface area contributed by atoms with E-state index in [-0.39, 0.29) is 0 Å². The molecule has 0 spiro atoms. The van der Waals surface area contributed by atoms with E-state index in [0.717, 1.165) is 0 Å². The SMILES string of the molecule is COC(=O)C(N)c1ccc(Cl)nc1. The molecule has 0 aliphatic heterocycles. The highest BCUT2D eigenvalue weighted by Crippen LogP contribution is 2.12. The van der Waals surface area contributed by atoms with Gasteiger partial charge in [-0.25, -0.2) is 4.98 Å². The molecule has 1 heterocycles. The number of hydrogen-bond acceptors (Lipinski definition) is 4. The van der Waals surface area contributed by atoms with Crippen LogP contribution in [0, 0.1) is 0 Å². The molecule has 1 aromatic rings. The van der Waals surface area contributed by atoms with E-state index in [1.54, 1.807) is 12.1 Å². The Balaban J connectivity index is 2.83. The lowest BCUT2D eigenvalue weighted by Crippen LogP contribution is -2.22. The number of pyridine rings is 1. The Morgan fingerprint density at radius 2 is 2.38 bits per heavy atom. The van der Waals surface area contributed by atoms with E-state index < -0.39 is 12.0 Å². The fourth-order valence-corrected chi connectivity index (χ4v) is 0.946. The molecule has 0 amide bonds. The van der Waals surface area contributed by atoms with Crippen LogP contribution in [0.5, 0.6) is 0 Å². The first kappa shape index (κ1) is 9.95. The molecule has 0 radical (unpaired) electrons. The maximum Gasteiger partial charge on any atom is 0.327 e. The van der Waals surface area contributed by atoms with E-state index in [0.29, 0.717) is 10.7 Å². The van der Waals surface area contributed by atoms with Crippen molar-refractivity contribution in [1.82, 2.24) is 4.98 Å². The largest absolute Gasteiger partial charge is 0.468 e. The summed E-state index contributed by atoms with van der Waals surface area (Å²) < 4.78 is 4.47. The lowest BCUT2D eigenvalue weighted by Gasteiger charge is -2.08. The molecule has 0 aliphatic carbocycles. The van der Waals surface area contributed by atoms with E-state index in [1.807, 2.05) is 0 Å². The highest BCUT2D eigenvalue weighted by Gasteiger charge is 2.15. The number of nitrogens with zero attached hydrogens (tertiary/aromatic N) is 1. The number of methoxy groups -OCH3 is 1. The number of halogens is 1. The summed E-state index contributed by atoms with van der Waals surface area (Å²) in [5, 5.41) is 0.362. The van der Waals surface area contributed by atoms with Crippen molar-refractivity contribution >= 4 is 17.6 Å². The van der Waals surface area contributed by atoms with Gasteiger partial charge < -0.3 is 10.5 Å². The molecule has 0 aliphatic rings. The lowest BCUT2D eigenvalue weighted by atomic mass is 10.1. The Bertz CT molecular complexity index is 300. The summed E-state index contributed by atoms with van der Waals surface area (Å²) in [7, 11) is 1.28. The van der Waals surface area contributed by atoms with Crippen LogP contribution < -0.4 is 5.73 Å². The second kappa shape index (κ2) is 4.20. The highest BCUT2D eigenvalue weighted by atomic mass is 35.5. The van der Waals surface area contributed by atoms with Crippen LogP contribution in [0.15, 0.2) is 18.3 Å². The minimum Gasteiger partial charge on any atom is -0.468 e. The number of ether oxygens (including phenoxy) is 1.